The number of nitrogens with zero attached hydrogens (tertiary/aromatic N) is 3. The van der Waals surface area contributed by atoms with Gasteiger partial charge in [0.25, 0.3) is 0 Å². The molecule has 3 heterocycles. The number of ketones is 1. The third-order valence-corrected chi connectivity index (χ3v) is 5.86. The maximum Gasteiger partial charge on any atom is 0.146 e. The molecule has 2 aromatic heterocycles. The molecule has 1 aliphatic carbocycles. The summed E-state index contributed by atoms with van der Waals surface area (Å²) in [6.07, 6.45) is 12.9. The molecule has 0 bridgehead atoms. The Labute approximate surface area is 154 Å². The van der Waals surface area contributed by atoms with Crippen LogP contribution < -0.4 is 10.2 Å². The molecule has 0 aromatic carbocycles. The molecule has 1 unspecified atom stereocenters. The molecule has 2 fully saturated rings. The van der Waals surface area contributed by atoms with Gasteiger partial charge in [-0.15, -0.1) is 0 Å². The summed E-state index contributed by atoms with van der Waals surface area (Å²) in [5, 5.41) is 4.55. The highest BCUT2D eigenvalue weighted by atomic mass is 16.1. The Hall–Kier alpha value is -1.95. The number of fused-ring (bicyclic) bond motifs is 1. The number of Topliss-reactive ketones (excluding diaryl/α,β-unsaturated/α-hetero) is 1. The van der Waals surface area contributed by atoms with E-state index in [0.717, 1.165) is 42.8 Å². The Morgan fingerprint density at radius 3 is 2.96 bits per heavy atom. The number of hydrogen-bond donors (Lipinski definition) is 2. The standard InChI is InChI=1S/C20H29N5O/c26-17(12-22-16-6-2-1-3-7-16)11-15-5-4-10-25(13-15)20-18-8-9-21-19(18)23-14-24-20/h8-9,14-16,22H,1-7,10-13H2,(H,21,23,24). The molecule has 0 radical (unpaired) electrons. The fraction of sp³-hybridized carbons (Fsp3) is 0.650. The summed E-state index contributed by atoms with van der Waals surface area (Å²) in [6, 6.07) is 2.59. The summed E-state index contributed by atoms with van der Waals surface area (Å²) in [4.78, 5) is 26.7. The fourth-order valence-electron chi connectivity index (χ4n) is 4.49. The Morgan fingerprint density at radius 1 is 1.19 bits per heavy atom. The molecular formula is C20H29N5O. The van der Waals surface area contributed by atoms with Gasteiger partial charge in [0.2, 0.25) is 0 Å². The van der Waals surface area contributed by atoms with Gasteiger partial charge in [0.1, 0.15) is 23.6 Å². The Kier molecular flexibility index (Phi) is 5.48. The van der Waals surface area contributed by atoms with Crippen LogP contribution in [-0.2, 0) is 4.79 Å². The van der Waals surface area contributed by atoms with E-state index in [1.807, 2.05) is 12.3 Å². The van der Waals surface area contributed by atoms with Gasteiger partial charge in [0.15, 0.2) is 0 Å². The summed E-state index contributed by atoms with van der Waals surface area (Å²) in [5.74, 6) is 1.78. The van der Waals surface area contributed by atoms with Crippen LogP contribution in [-0.4, -0.2) is 46.4 Å². The molecule has 0 spiro atoms. The van der Waals surface area contributed by atoms with Crippen LogP contribution >= 0.6 is 0 Å². The Morgan fingerprint density at radius 2 is 2.08 bits per heavy atom. The van der Waals surface area contributed by atoms with Gasteiger partial charge in [-0.3, -0.25) is 4.79 Å². The lowest BCUT2D eigenvalue weighted by Gasteiger charge is -2.33. The fourth-order valence-corrected chi connectivity index (χ4v) is 4.49. The second kappa shape index (κ2) is 8.16. The first kappa shape index (κ1) is 17.5. The first-order valence-electron chi connectivity index (χ1n) is 10.1. The van der Waals surface area contributed by atoms with Crippen LogP contribution in [0.3, 0.4) is 0 Å². The predicted octanol–water partition coefficient (Wildman–Crippen LogP) is 3.06. The van der Waals surface area contributed by atoms with Gasteiger partial charge in [-0.1, -0.05) is 19.3 Å². The van der Waals surface area contributed by atoms with E-state index in [9.17, 15) is 4.79 Å². The van der Waals surface area contributed by atoms with Crippen LogP contribution in [0.1, 0.15) is 51.4 Å². The highest BCUT2D eigenvalue weighted by Crippen LogP contribution is 2.28. The van der Waals surface area contributed by atoms with Crippen molar-refractivity contribution in [1.82, 2.24) is 20.3 Å². The number of aromatic amines is 1. The first-order valence-corrected chi connectivity index (χ1v) is 10.1. The lowest BCUT2D eigenvalue weighted by molar-refractivity contribution is -0.119. The first-order chi connectivity index (χ1) is 12.8. The SMILES string of the molecule is O=C(CNC1CCCCC1)CC1CCCN(c2ncnc3[nH]ccc23)C1. The van der Waals surface area contributed by atoms with Gasteiger partial charge in [-0.25, -0.2) is 9.97 Å². The van der Waals surface area contributed by atoms with Crippen molar-refractivity contribution in [3.63, 3.8) is 0 Å². The number of rotatable bonds is 6. The van der Waals surface area contributed by atoms with Crippen LogP contribution in [0.25, 0.3) is 11.0 Å². The van der Waals surface area contributed by atoms with Crippen LogP contribution in [0.15, 0.2) is 18.6 Å². The molecule has 140 valence electrons. The highest BCUT2D eigenvalue weighted by molar-refractivity contribution is 5.87. The van der Waals surface area contributed by atoms with Crippen LogP contribution in [0.4, 0.5) is 5.82 Å². The molecule has 1 atom stereocenters. The molecule has 1 saturated carbocycles. The summed E-state index contributed by atoms with van der Waals surface area (Å²) in [6.45, 7) is 2.45. The van der Waals surface area contributed by atoms with E-state index in [0.29, 0.717) is 30.7 Å². The zero-order valence-corrected chi connectivity index (χ0v) is 15.4. The molecule has 6 heteroatoms. The average Bonchev–Trinajstić information content (AvgIpc) is 3.16. The summed E-state index contributed by atoms with van der Waals surface area (Å²) < 4.78 is 0. The van der Waals surface area contributed by atoms with Crippen molar-refractivity contribution in [1.29, 1.82) is 0 Å². The van der Waals surface area contributed by atoms with Crippen molar-refractivity contribution >= 4 is 22.6 Å². The van der Waals surface area contributed by atoms with E-state index in [1.165, 1.54) is 32.1 Å². The monoisotopic (exact) mass is 355 g/mol. The largest absolute Gasteiger partial charge is 0.356 e. The third-order valence-electron chi connectivity index (χ3n) is 5.86. The number of anilines is 1. The zero-order valence-electron chi connectivity index (χ0n) is 15.4. The quantitative estimate of drug-likeness (QED) is 0.833. The molecule has 2 aliphatic rings. The zero-order chi connectivity index (χ0) is 17.8. The minimum Gasteiger partial charge on any atom is -0.356 e. The molecule has 6 nitrogen and oxygen atoms in total. The second-order valence-electron chi connectivity index (χ2n) is 7.85. The number of aromatic nitrogens is 3. The van der Waals surface area contributed by atoms with Crippen molar-refractivity contribution in [2.24, 2.45) is 5.92 Å². The van der Waals surface area contributed by atoms with Gasteiger partial charge >= 0.3 is 0 Å². The van der Waals surface area contributed by atoms with E-state index in [-0.39, 0.29) is 0 Å². The maximum atomic E-state index is 12.5. The molecular weight excluding hydrogens is 326 g/mol. The minimum absolute atomic E-state index is 0.358. The molecule has 26 heavy (non-hydrogen) atoms. The van der Waals surface area contributed by atoms with Gasteiger partial charge in [-0.2, -0.15) is 0 Å². The lowest BCUT2D eigenvalue weighted by Crippen LogP contribution is -2.39. The second-order valence-corrected chi connectivity index (χ2v) is 7.85. The number of H-pyrrole nitrogens is 1. The summed E-state index contributed by atoms with van der Waals surface area (Å²) in [5.41, 5.74) is 0.880. The number of piperidine rings is 1. The third kappa shape index (κ3) is 4.06. The Bertz CT molecular complexity index is 737. The van der Waals surface area contributed by atoms with E-state index < -0.39 is 0 Å². The van der Waals surface area contributed by atoms with Crippen molar-refractivity contribution in [2.75, 3.05) is 24.5 Å². The van der Waals surface area contributed by atoms with Gasteiger partial charge in [0, 0.05) is 31.7 Å². The van der Waals surface area contributed by atoms with Crippen LogP contribution in [0, 0.1) is 5.92 Å². The number of hydrogen-bond acceptors (Lipinski definition) is 5. The van der Waals surface area contributed by atoms with E-state index in [1.54, 1.807) is 6.33 Å². The topological polar surface area (TPSA) is 73.9 Å². The average molecular weight is 355 g/mol. The van der Waals surface area contributed by atoms with Crippen molar-refractivity contribution in [3.8, 4) is 0 Å². The smallest absolute Gasteiger partial charge is 0.146 e. The van der Waals surface area contributed by atoms with Crippen LogP contribution in [0.2, 0.25) is 0 Å². The molecule has 0 amide bonds. The van der Waals surface area contributed by atoms with E-state index in [2.05, 4.69) is 25.2 Å². The maximum absolute atomic E-state index is 12.5. The summed E-state index contributed by atoms with van der Waals surface area (Å²) >= 11 is 0. The van der Waals surface area contributed by atoms with Gasteiger partial charge in [-0.05, 0) is 37.7 Å². The molecule has 1 saturated heterocycles. The molecule has 4 rings (SSSR count). The highest BCUT2D eigenvalue weighted by Gasteiger charge is 2.25. The van der Waals surface area contributed by atoms with Gasteiger partial charge in [0.05, 0.1) is 11.9 Å². The Balaban J connectivity index is 1.32. The van der Waals surface area contributed by atoms with Crippen molar-refractivity contribution in [2.45, 2.75) is 57.4 Å². The van der Waals surface area contributed by atoms with Crippen molar-refractivity contribution < 1.29 is 4.79 Å². The van der Waals surface area contributed by atoms with Crippen molar-refractivity contribution in [3.05, 3.63) is 18.6 Å². The van der Waals surface area contributed by atoms with Crippen LogP contribution in [0.5, 0.6) is 0 Å². The normalized spacial score (nSPS) is 22.0. The molecule has 2 aromatic rings. The summed E-state index contributed by atoms with van der Waals surface area (Å²) in [7, 11) is 0. The van der Waals surface area contributed by atoms with E-state index in [4.69, 9.17) is 0 Å². The van der Waals surface area contributed by atoms with E-state index >= 15 is 0 Å². The molecule has 1 aliphatic heterocycles. The number of nitrogens with one attached hydrogen (secondary N) is 2. The number of carbonyl (C=O) groups excluding carboxylic acids is 1. The minimum atomic E-state index is 0.358. The van der Waals surface area contributed by atoms with Gasteiger partial charge < -0.3 is 15.2 Å². The number of carbonyl (C=O) groups is 1. The predicted molar refractivity (Wildman–Crippen MR) is 103 cm³/mol. The lowest BCUT2D eigenvalue weighted by atomic mass is 9.92. The molecule has 2 N–H and O–H groups in total.